The smallest absolute Gasteiger partial charge is 0.344 e. The van der Waals surface area contributed by atoms with E-state index in [4.69, 9.17) is 0 Å². The van der Waals surface area contributed by atoms with Gasteiger partial charge in [0.2, 0.25) is 5.69 Å². The molecule has 7 nitrogen and oxygen atoms in total. The number of nitrogens with zero attached hydrogens (tertiary/aromatic N) is 3. The SMILES string of the molecule is C[C@@H](NC(=O)c1nn(-c2ccccc2)c(=O)n(Cc2ccc(F)cc2)c1=O)c1ccccc1. The Morgan fingerprint density at radius 2 is 1.55 bits per heavy atom. The number of amides is 1. The number of hydrogen-bond donors (Lipinski definition) is 1. The van der Waals surface area contributed by atoms with Crippen molar-refractivity contribution >= 4 is 5.91 Å². The summed E-state index contributed by atoms with van der Waals surface area (Å²) in [5.41, 5.74) is -0.152. The maximum absolute atomic E-state index is 13.3. The second-order valence-electron chi connectivity index (χ2n) is 7.50. The third kappa shape index (κ3) is 4.79. The quantitative estimate of drug-likeness (QED) is 0.495. The van der Waals surface area contributed by atoms with Crippen LogP contribution in [0.4, 0.5) is 4.39 Å². The monoisotopic (exact) mass is 444 g/mol. The predicted molar refractivity (Wildman–Crippen MR) is 122 cm³/mol. The molecule has 0 aliphatic carbocycles. The van der Waals surface area contributed by atoms with Crippen LogP contribution in [0.25, 0.3) is 5.69 Å². The number of halogens is 1. The molecule has 8 heteroatoms. The van der Waals surface area contributed by atoms with E-state index in [1.165, 1.54) is 24.3 Å². The Morgan fingerprint density at radius 3 is 2.18 bits per heavy atom. The van der Waals surface area contributed by atoms with Gasteiger partial charge in [0.15, 0.2) is 0 Å². The second-order valence-corrected chi connectivity index (χ2v) is 7.50. The predicted octanol–water partition coefficient (Wildman–Crippen LogP) is 3.07. The van der Waals surface area contributed by atoms with E-state index in [2.05, 4.69) is 10.4 Å². The molecule has 1 heterocycles. The molecule has 3 aromatic carbocycles. The number of carbonyl (C=O) groups is 1. The molecule has 4 rings (SSSR count). The summed E-state index contributed by atoms with van der Waals surface area (Å²) >= 11 is 0. The van der Waals surface area contributed by atoms with Crippen molar-refractivity contribution in [2.24, 2.45) is 0 Å². The minimum atomic E-state index is -0.825. The molecule has 0 aliphatic rings. The first-order valence-electron chi connectivity index (χ1n) is 10.3. The summed E-state index contributed by atoms with van der Waals surface area (Å²) in [6.45, 7) is 1.65. The molecular weight excluding hydrogens is 423 g/mol. The first-order chi connectivity index (χ1) is 15.9. The zero-order valence-electron chi connectivity index (χ0n) is 17.8. The first-order valence-corrected chi connectivity index (χ1v) is 10.3. The molecule has 166 valence electrons. The largest absolute Gasteiger partial charge is 0.352 e. The Kier molecular flexibility index (Phi) is 6.26. The van der Waals surface area contributed by atoms with Crippen LogP contribution in [0.15, 0.2) is 94.5 Å². The fraction of sp³-hybridized carbons (Fsp3) is 0.120. The maximum Gasteiger partial charge on any atom is 0.352 e. The van der Waals surface area contributed by atoms with Crippen molar-refractivity contribution in [2.45, 2.75) is 19.5 Å². The number of carbonyl (C=O) groups excluding carboxylic acids is 1. The molecule has 33 heavy (non-hydrogen) atoms. The van der Waals surface area contributed by atoms with Gasteiger partial charge in [0, 0.05) is 0 Å². The van der Waals surface area contributed by atoms with Gasteiger partial charge in [-0.1, -0.05) is 60.7 Å². The van der Waals surface area contributed by atoms with E-state index in [-0.39, 0.29) is 12.6 Å². The molecule has 0 aliphatic heterocycles. The highest BCUT2D eigenvalue weighted by molar-refractivity contribution is 5.92. The van der Waals surface area contributed by atoms with Crippen LogP contribution in [0, 0.1) is 5.82 Å². The summed E-state index contributed by atoms with van der Waals surface area (Å²) in [5, 5.41) is 6.87. The maximum atomic E-state index is 13.3. The van der Waals surface area contributed by atoms with E-state index in [9.17, 15) is 18.8 Å². The lowest BCUT2D eigenvalue weighted by molar-refractivity contribution is 0.0930. The fourth-order valence-corrected chi connectivity index (χ4v) is 3.40. The summed E-state index contributed by atoms with van der Waals surface area (Å²) in [6, 6.07) is 22.8. The van der Waals surface area contributed by atoms with E-state index in [0.717, 1.165) is 14.8 Å². The first kappa shape index (κ1) is 21.9. The van der Waals surface area contributed by atoms with Crippen molar-refractivity contribution in [1.82, 2.24) is 19.7 Å². The average molecular weight is 444 g/mol. The van der Waals surface area contributed by atoms with E-state index in [1.807, 2.05) is 30.3 Å². The van der Waals surface area contributed by atoms with Gasteiger partial charge in [0.25, 0.3) is 11.5 Å². The standard InChI is InChI=1S/C25H21FN4O3/c1-17(19-8-4-2-5-9-19)27-23(31)22-24(32)29(16-18-12-14-20(26)15-13-18)25(33)30(28-22)21-10-6-3-7-11-21/h2-15,17H,16H2,1H3,(H,27,31)/t17-/m1/s1. The number of hydrogen-bond acceptors (Lipinski definition) is 4. The number of rotatable bonds is 6. The van der Waals surface area contributed by atoms with Crippen molar-refractivity contribution in [1.29, 1.82) is 0 Å². The third-order valence-corrected chi connectivity index (χ3v) is 5.18. The van der Waals surface area contributed by atoms with E-state index < -0.39 is 28.7 Å². The van der Waals surface area contributed by atoms with Gasteiger partial charge in [-0.2, -0.15) is 9.78 Å². The summed E-state index contributed by atoms with van der Waals surface area (Å²) < 4.78 is 15.3. The Hall–Kier alpha value is -4.33. The van der Waals surface area contributed by atoms with Gasteiger partial charge >= 0.3 is 5.69 Å². The zero-order chi connectivity index (χ0) is 23.4. The molecule has 0 saturated carbocycles. The van der Waals surface area contributed by atoms with Gasteiger partial charge in [-0.25, -0.2) is 9.18 Å². The number of para-hydroxylation sites is 1. The number of benzene rings is 3. The van der Waals surface area contributed by atoms with Gasteiger partial charge in [-0.15, -0.1) is 0 Å². The topological polar surface area (TPSA) is 86.0 Å². The minimum Gasteiger partial charge on any atom is -0.344 e. The van der Waals surface area contributed by atoms with Gasteiger partial charge in [-0.05, 0) is 42.3 Å². The van der Waals surface area contributed by atoms with E-state index in [1.54, 1.807) is 37.3 Å². The van der Waals surface area contributed by atoms with Crippen LogP contribution in [0.3, 0.4) is 0 Å². The molecule has 0 fully saturated rings. The van der Waals surface area contributed by atoms with Crippen LogP contribution in [0.5, 0.6) is 0 Å². The normalized spacial score (nSPS) is 11.7. The lowest BCUT2D eigenvalue weighted by Crippen LogP contribution is -2.46. The van der Waals surface area contributed by atoms with E-state index >= 15 is 0 Å². The molecule has 0 spiro atoms. The van der Waals surface area contributed by atoms with Crippen LogP contribution in [-0.4, -0.2) is 20.3 Å². The second kappa shape index (κ2) is 9.44. The molecule has 1 aromatic heterocycles. The Bertz CT molecular complexity index is 1380. The number of aromatic nitrogens is 3. The summed E-state index contributed by atoms with van der Waals surface area (Å²) in [6.07, 6.45) is 0. The number of nitrogens with one attached hydrogen (secondary N) is 1. The van der Waals surface area contributed by atoms with Gasteiger partial charge < -0.3 is 5.32 Å². The summed E-state index contributed by atoms with van der Waals surface area (Å²) in [5.74, 6) is -1.13. The highest BCUT2D eigenvalue weighted by atomic mass is 19.1. The van der Waals surface area contributed by atoms with Crippen molar-refractivity contribution in [3.05, 3.63) is 128 Å². The highest BCUT2D eigenvalue weighted by Crippen LogP contribution is 2.12. The molecule has 0 bridgehead atoms. The van der Waals surface area contributed by atoms with Crippen molar-refractivity contribution in [3.63, 3.8) is 0 Å². The Balaban J connectivity index is 1.79. The van der Waals surface area contributed by atoms with Crippen LogP contribution < -0.4 is 16.6 Å². The van der Waals surface area contributed by atoms with Crippen LogP contribution >= 0.6 is 0 Å². The molecule has 1 N–H and O–H groups in total. The zero-order valence-corrected chi connectivity index (χ0v) is 17.8. The molecule has 1 atom stereocenters. The summed E-state index contributed by atoms with van der Waals surface area (Å²) in [7, 11) is 0. The summed E-state index contributed by atoms with van der Waals surface area (Å²) in [4.78, 5) is 39.3. The fourth-order valence-electron chi connectivity index (χ4n) is 3.40. The van der Waals surface area contributed by atoms with Gasteiger partial charge in [-0.3, -0.25) is 14.2 Å². The lowest BCUT2D eigenvalue weighted by atomic mass is 10.1. The van der Waals surface area contributed by atoms with Crippen molar-refractivity contribution < 1.29 is 9.18 Å². The Labute approximate surface area is 188 Å². The molecule has 0 saturated heterocycles. The Morgan fingerprint density at radius 1 is 0.939 bits per heavy atom. The van der Waals surface area contributed by atoms with Crippen molar-refractivity contribution in [2.75, 3.05) is 0 Å². The minimum absolute atomic E-state index is 0.137. The lowest BCUT2D eigenvalue weighted by Gasteiger charge is -2.15. The molecule has 0 unspecified atom stereocenters. The molecule has 1 amide bonds. The third-order valence-electron chi connectivity index (χ3n) is 5.18. The molecular formula is C25H21FN4O3. The van der Waals surface area contributed by atoms with Gasteiger partial charge in [0.05, 0.1) is 18.3 Å². The van der Waals surface area contributed by atoms with Crippen LogP contribution in [-0.2, 0) is 6.54 Å². The molecule has 4 aromatic rings. The van der Waals surface area contributed by atoms with Crippen LogP contribution in [0.2, 0.25) is 0 Å². The average Bonchev–Trinajstić information content (AvgIpc) is 2.84. The highest BCUT2D eigenvalue weighted by Gasteiger charge is 2.22. The van der Waals surface area contributed by atoms with Gasteiger partial charge in [0.1, 0.15) is 5.82 Å². The molecule has 0 radical (unpaired) electrons. The van der Waals surface area contributed by atoms with E-state index in [0.29, 0.717) is 11.3 Å². The van der Waals surface area contributed by atoms with Crippen LogP contribution in [0.1, 0.15) is 34.6 Å². The van der Waals surface area contributed by atoms with Crippen molar-refractivity contribution in [3.8, 4) is 5.69 Å².